The van der Waals surface area contributed by atoms with Crippen LogP contribution < -0.4 is 25.6 Å². The fourth-order valence-corrected chi connectivity index (χ4v) is 3.72. The fourth-order valence-electron chi connectivity index (χ4n) is 3.72. The molecule has 186 valence electrons. The van der Waals surface area contributed by atoms with E-state index in [4.69, 9.17) is 14.2 Å². The van der Waals surface area contributed by atoms with Gasteiger partial charge >= 0.3 is 5.97 Å². The minimum Gasteiger partial charge on any atom is -0.493 e. The molecule has 0 bridgehead atoms. The quantitative estimate of drug-likeness (QED) is 0.389. The van der Waals surface area contributed by atoms with Gasteiger partial charge in [0.15, 0.2) is 18.1 Å². The smallest absolute Gasteiger partial charge is 0.340 e. The van der Waals surface area contributed by atoms with Crippen LogP contribution in [0.2, 0.25) is 0 Å². The molecule has 1 saturated carbocycles. The van der Waals surface area contributed by atoms with Gasteiger partial charge in [-0.3, -0.25) is 25.2 Å². The highest BCUT2D eigenvalue weighted by Gasteiger charge is 2.26. The maximum absolute atomic E-state index is 12.8. The molecule has 1 aliphatic carbocycles. The third-order valence-corrected chi connectivity index (χ3v) is 5.69. The van der Waals surface area contributed by atoms with Crippen LogP contribution in [0.15, 0.2) is 36.4 Å². The van der Waals surface area contributed by atoms with Crippen molar-refractivity contribution in [3.05, 3.63) is 53.1 Å². The Kier molecular flexibility index (Phi) is 8.66. The molecule has 0 aromatic heterocycles. The Morgan fingerprint density at radius 2 is 1.54 bits per heavy atom. The van der Waals surface area contributed by atoms with Gasteiger partial charge in [-0.1, -0.05) is 30.5 Å². The van der Waals surface area contributed by atoms with E-state index in [-0.39, 0.29) is 28.8 Å². The first-order valence-electron chi connectivity index (χ1n) is 11.2. The van der Waals surface area contributed by atoms with Crippen LogP contribution in [-0.2, 0) is 14.3 Å². The minimum atomic E-state index is -0.854. The SMILES string of the molecule is COc1cc(NC(=O)C2CCCC2)c(C(=O)OCC(=O)NNC(=O)c2ccc(C)cc2)cc1OC. The van der Waals surface area contributed by atoms with Gasteiger partial charge in [-0.05, 0) is 31.9 Å². The summed E-state index contributed by atoms with van der Waals surface area (Å²) in [6, 6.07) is 9.63. The van der Waals surface area contributed by atoms with Crippen LogP contribution in [0.4, 0.5) is 5.69 Å². The first-order valence-corrected chi connectivity index (χ1v) is 11.2. The van der Waals surface area contributed by atoms with Crippen molar-refractivity contribution in [2.75, 3.05) is 26.1 Å². The third-order valence-electron chi connectivity index (χ3n) is 5.69. The number of ether oxygens (including phenoxy) is 3. The number of benzene rings is 2. The summed E-state index contributed by atoms with van der Waals surface area (Å²) in [4.78, 5) is 49.7. The van der Waals surface area contributed by atoms with Crippen LogP contribution in [0.5, 0.6) is 11.5 Å². The van der Waals surface area contributed by atoms with Crippen LogP contribution in [0.1, 0.15) is 52.0 Å². The van der Waals surface area contributed by atoms with Gasteiger partial charge in [-0.25, -0.2) is 4.79 Å². The fraction of sp³-hybridized carbons (Fsp3) is 0.360. The predicted octanol–water partition coefficient (Wildman–Crippen LogP) is 2.76. The van der Waals surface area contributed by atoms with Crippen molar-refractivity contribution in [2.45, 2.75) is 32.6 Å². The van der Waals surface area contributed by atoms with Crippen molar-refractivity contribution in [3.63, 3.8) is 0 Å². The predicted molar refractivity (Wildman–Crippen MR) is 127 cm³/mol. The van der Waals surface area contributed by atoms with E-state index >= 15 is 0 Å². The zero-order chi connectivity index (χ0) is 25.4. The summed E-state index contributed by atoms with van der Waals surface area (Å²) < 4.78 is 15.7. The molecule has 35 heavy (non-hydrogen) atoms. The van der Waals surface area contributed by atoms with Gasteiger partial charge in [-0.15, -0.1) is 0 Å². The maximum atomic E-state index is 12.8. The molecule has 0 spiro atoms. The molecular formula is C25H29N3O7. The first kappa shape index (κ1) is 25.5. The standard InChI is InChI=1S/C25H29N3O7/c1-15-8-10-17(11-9-15)24(31)28-27-22(29)14-35-25(32)18-12-20(33-2)21(34-3)13-19(18)26-23(30)16-6-4-5-7-16/h8-13,16H,4-7,14H2,1-3H3,(H,26,30)(H,27,29)(H,28,31). The Hall–Kier alpha value is -4.08. The van der Waals surface area contributed by atoms with Gasteiger partial charge in [0.05, 0.1) is 25.5 Å². The van der Waals surface area contributed by atoms with Crippen LogP contribution in [0.3, 0.4) is 0 Å². The molecule has 10 heteroatoms. The second-order valence-electron chi connectivity index (χ2n) is 8.17. The van der Waals surface area contributed by atoms with E-state index in [2.05, 4.69) is 16.2 Å². The van der Waals surface area contributed by atoms with Crippen LogP contribution in [0.25, 0.3) is 0 Å². The van der Waals surface area contributed by atoms with Crippen molar-refractivity contribution < 1.29 is 33.4 Å². The van der Waals surface area contributed by atoms with E-state index < -0.39 is 24.4 Å². The van der Waals surface area contributed by atoms with Gasteiger partial charge in [0.25, 0.3) is 11.8 Å². The second-order valence-corrected chi connectivity index (χ2v) is 8.17. The summed E-state index contributed by atoms with van der Waals surface area (Å²) in [5, 5.41) is 2.78. The number of carbonyl (C=O) groups excluding carboxylic acids is 4. The Balaban J connectivity index is 1.64. The summed E-state index contributed by atoms with van der Waals surface area (Å²) in [6.07, 6.45) is 3.53. The number of anilines is 1. The van der Waals surface area contributed by atoms with E-state index in [0.717, 1.165) is 31.2 Å². The van der Waals surface area contributed by atoms with Gasteiger partial charge in [0.2, 0.25) is 5.91 Å². The Bertz CT molecular complexity index is 1090. The number of hydrogen-bond donors (Lipinski definition) is 3. The lowest BCUT2D eigenvalue weighted by Crippen LogP contribution is -2.43. The second kappa shape index (κ2) is 11.9. The van der Waals surface area contributed by atoms with Crippen molar-refractivity contribution in [1.82, 2.24) is 10.9 Å². The highest BCUT2D eigenvalue weighted by Crippen LogP contribution is 2.35. The van der Waals surface area contributed by atoms with E-state index in [1.54, 1.807) is 24.3 Å². The lowest BCUT2D eigenvalue weighted by Gasteiger charge is -2.17. The molecule has 3 amide bonds. The zero-order valence-electron chi connectivity index (χ0n) is 19.9. The molecule has 1 fully saturated rings. The monoisotopic (exact) mass is 483 g/mol. The van der Waals surface area contributed by atoms with E-state index in [1.165, 1.54) is 26.4 Å². The molecule has 0 atom stereocenters. The lowest BCUT2D eigenvalue weighted by atomic mass is 10.1. The number of esters is 1. The largest absolute Gasteiger partial charge is 0.493 e. The van der Waals surface area contributed by atoms with Crippen molar-refractivity contribution in [1.29, 1.82) is 0 Å². The van der Waals surface area contributed by atoms with Crippen LogP contribution in [0, 0.1) is 12.8 Å². The van der Waals surface area contributed by atoms with E-state index in [0.29, 0.717) is 11.3 Å². The van der Waals surface area contributed by atoms with Crippen molar-refractivity contribution in [2.24, 2.45) is 5.92 Å². The summed E-state index contributed by atoms with van der Waals surface area (Å²) in [5.41, 5.74) is 6.01. The van der Waals surface area contributed by atoms with Crippen molar-refractivity contribution in [3.8, 4) is 11.5 Å². The molecule has 2 aromatic carbocycles. The molecule has 0 saturated heterocycles. The molecule has 1 aliphatic rings. The van der Waals surface area contributed by atoms with Gasteiger partial charge < -0.3 is 19.5 Å². The Labute approximate surface area is 203 Å². The highest BCUT2D eigenvalue weighted by atomic mass is 16.5. The minimum absolute atomic E-state index is 0.00508. The molecule has 3 N–H and O–H groups in total. The first-order chi connectivity index (χ1) is 16.8. The molecule has 0 unspecified atom stereocenters. The normalized spacial score (nSPS) is 13.0. The van der Waals surface area contributed by atoms with Crippen molar-refractivity contribution >= 4 is 29.4 Å². The molecule has 0 heterocycles. The number of aryl methyl sites for hydroxylation is 1. The molecule has 0 radical (unpaired) electrons. The van der Waals surface area contributed by atoms with E-state index in [1.807, 2.05) is 6.92 Å². The number of hydrogen-bond acceptors (Lipinski definition) is 7. The molecule has 10 nitrogen and oxygen atoms in total. The van der Waals surface area contributed by atoms with Gasteiger partial charge in [0.1, 0.15) is 0 Å². The number of amides is 3. The topological polar surface area (TPSA) is 132 Å². The number of methoxy groups -OCH3 is 2. The number of nitrogens with one attached hydrogen (secondary N) is 3. The van der Waals surface area contributed by atoms with E-state index in [9.17, 15) is 19.2 Å². The number of hydrazine groups is 1. The third kappa shape index (κ3) is 6.72. The molecule has 2 aromatic rings. The average molecular weight is 484 g/mol. The highest BCUT2D eigenvalue weighted by molar-refractivity contribution is 6.03. The van der Waals surface area contributed by atoms with Crippen LogP contribution >= 0.6 is 0 Å². The maximum Gasteiger partial charge on any atom is 0.340 e. The lowest BCUT2D eigenvalue weighted by molar-refractivity contribution is -0.125. The molecule has 3 rings (SSSR count). The molecule has 0 aliphatic heterocycles. The van der Waals surface area contributed by atoms with Crippen LogP contribution in [-0.4, -0.2) is 44.5 Å². The van der Waals surface area contributed by atoms with Gasteiger partial charge in [0, 0.05) is 23.6 Å². The summed E-state index contributed by atoms with van der Waals surface area (Å²) >= 11 is 0. The Morgan fingerprint density at radius 3 is 2.17 bits per heavy atom. The molecular weight excluding hydrogens is 454 g/mol. The summed E-state index contributed by atoms with van der Waals surface area (Å²) in [7, 11) is 2.85. The average Bonchev–Trinajstić information content (AvgIpc) is 3.41. The number of carbonyl (C=O) groups is 4. The summed E-state index contributed by atoms with van der Waals surface area (Å²) in [5.74, 6) is -1.85. The zero-order valence-corrected chi connectivity index (χ0v) is 19.9. The Morgan fingerprint density at radius 1 is 0.914 bits per heavy atom. The summed E-state index contributed by atoms with van der Waals surface area (Å²) in [6.45, 7) is 1.24. The van der Waals surface area contributed by atoms with Gasteiger partial charge in [-0.2, -0.15) is 0 Å². The number of rotatable bonds is 8.